The minimum absolute atomic E-state index is 0.00490. The molecular weight excluding hydrogens is 484 g/mol. The van der Waals surface area contributed by atoms with E-state index in [0.29, 0.717) is 23.9 Å². The molecule has 4 N–H and O–H groups in total. The molecule has 11 nitrogen and oxygen atoms in total. The third kappa shape index (κ3) is 6.34. The van der Waals surface area contributed by atoms with E-state index in [-0.39, 0.29) is 24.6 Å². The van der Waals surface area contributed by atoms with Gasteiger partial charge >= 0.3 is 6.09 Å². The van der Waals surface area contributed by atoms with Gasteiger partial charge in [-0.25, -0.2) is 9.78 Å². The predicted octanol–water partition coefficient (Wildman–Crippen LogP) is 3.84. The number of ether oxygens (including phenoxy) is 1. The number of nitrogens with one attached hydrogen (secondary N) is 4. The number of fused-ring (bicyclic) bond motifs is 1. The first kappa shape index (κ1) is 25.8. The minimum Gasteiger partial charge on any atom is -0.447 e. The molecule has 2 aliphatic rings. The minimum atomic E-state index is -0.427. The van der Waals surface area contributed by atoms with Gasteiger partial charge in [0.25, 0.3) is 0 Å². The van der Waals surface area contributed by atoms with Gasteiger partial charge in [0.1, 0.15) is 12.4 Å². The number of H-pyrrole nitrogens is 1. The first-order valence-electron chi connectivity index (χ1n) is 13.4. The molecule has 0 unspecified atom stereocenters. The Kier molecular flexibility index (Phi) is 7.92. The Labute approximate surface area is 222 Å². The first-order valence-corrected chi connectivity index (χ1v) is 13.4. The number of hydrogen-bond donors (Lipinski definition) is 4. The molecule has 11 heteroatoms. The van der Waals surface area contributed by atoms with Crippen LogP contribution >= 0.6 is 0 Å². The monoisotopic (exact) mass is 520 g/mol. The van der Waals surface area contributed by atoms with Gasteiger partial charge in [0.05, 0.1) is 30.0 Å². The van der Waals surface area contributed by atoms with Gasteiger partial charge in [-0.15, -0.1) is 0 Å². The van der Waals surface area contributed by atoms with Crippen molar-refractivity contribution in [3.05, 3.63) is 36.5 Å². The molecule has 3 aromatic rings. The zero-order valence-electron chi connectivity index (χ0n) is 22.0. The molecule has 2 fully saturated rings. The first-order chi connectivity index (χ1) is 18.4. The number of carbonyl (C=O) groups excluding carboxylic acids is 2. The van der Waals surface area contributed by atoms with Gasteiger partial charge in [0.2, 0.25) is 5.91 Å². The van der Waals surface area contributed by atoms with Crippen LogP contribution in [0.4, 0.5) is 27.8 Å². The van der Waals surface area contributed by atoms with E-state index in [4.69, 9.17) is 9.72 Å². The van der Waals surface area contributed by atoms with Gasteiger partial charge in [-0.3, -0.25) is 14.8 Å². The largest absolute Gasteiger partial charge is 0.447 e. The molecule has 0 spiro atoms. The van der Waals surface area contributed by atoms with Crippen molar-refractivity contribution in [2.75, 3.05) is 48.3 Å². The van der Waals surface area contributed by atoms with Gasteiger partial charge in [0.15, 0.2) is 5.82 Å². The summed E-state index contributed by atoms with van der Waals surface area (Å²) >= 11 is 0. The van der Waals surface area contributed by atoms with Crippen molar-refractivity contribution >= 4 is 45.9 Å². The molecule has 2 amide bonds. The molecule has 0 bridgehead atoms. The Morgan fingerprint density at radius 3 is 2.79 bits per heavy atom. The maximum absolute atomic E-state index is 12.9. The fourth-order valence-corrected chi connectivity index (χ4v) is 5.07. The molecule has 2 aliphatic heterocycles. The highest BCUT2D eigenvalue weighted by Crippen LogP contribution is 2.33. The maximum atomic E-state index is 12.9. The summed E-state index contributed by atoms with van der Waals surface area (Å²) in [6.45, 7) is 7.06. The van der Waals surface area contributed by atoms with Crippen molar-refractivity contribution in [1.29, 1.82) is 0 Å². The summed E-state index contributed by atoms with van der Waals surface area (Å²) in [5, 5.41) is 17.3. The third-order valence-corrected chi connectivity index (χ3v) is 6.89. The van der Waals surface area contributed by atoms with E-state index >= 15 is 0 Å². The Morgan fingerprint density at radius 1 is 1.13 bits per heavy atom. The maximum Gasteiger partial charge on any atom is 0.407 e. The molecule has 38 heavy (non-hydrogen) atoms. The normalized spacial score (nSPS) is 17.8. The molecule has 1 atom stereocenters. The average Bonchev–Trinajstić information content (AvgIpc) is 3.65. The molecule has 2 saturated heterocycles. The zero-order chi connectivity index (χ0) is 26.5. The summed E-state index contributed by atoms with van der Waals surface area (Å²) in [6, 6.07) is 9.67. The van der Waals surface area contributed by atoms with Crippen LogP contribution in [-0.2, 0) is 9.53 Å². The Bertz CT molecular complexity index is 1270. The Hall–Kier alpha value is -3.86. The quantitative estimate of drug-likeness (QED) is 0.335. The summed E-state index contributed by atoms with van der Waals surface area (Å²) in [4.78, 5) is 34.3. The molecule has 202 valence electrons. The van der Waals surface area contributed by atoms with Crippen molar-refractivity contribution in [2.45, 2.75) is 51.6 Å². The Morgan fingerprint density at radius 2 is 1.97 bits per heavy atom. The summed E-state index contributed by atoms with van der Waals surface area (Å²) in [5.74, 6) is 1.28. The Balaban J connectivity index is 1.36. The highest BCUT2D eigenvalue weighted by Gasteiger charge is 2.30. The second kappa shape index (κ2) is 11.7. The lowest BCUT2D eigenvalue weighted by Crippen LogP contribution is -2.38. The summed E-state index contributed by atoms with van der Waals surface area (Å²) in [5.41, 5.74) is 2.50. The molecule has 4 heterocycles. The zero-order valence-corrected chi connectivity index (χ0v) is 22.0. The molecule has 0 aliphatic carbocycles. The summed E-state index contributed by atoms with van der Waals surface area (Å²) in [6.07, 6.45) is 5.42. The molecule has 5 rings (SSSR count). The van der Waals surface area contributed by atoms with Gasteiger partial charge in [-0.1, -0.05) is 0 Å². The molecule has 2 aromatic heterocycles. The van der Waals surface area contributed by atoms with Gasteiger partial charge in [0, 0.05) is 23.7 Å². The van der Waals surface area contributed by atoms with Crippen LogP contribution in [0.1, 0.15) is 39.5 Å². The van der Waals surface area contributed by atoms with E-state index in [1.54, 1.807) is 6.20 Å². The van der Waals surface area contributed by atoms with Crippen molar-refractivity contribution in [3.63, 3.8) is 0 Å². The van der Waals surface area contributed by atoms with Crippen LogP contribution in [0.5, 0.6) is 0 Å². The smallest absolute Gasteiger partial charge is 0.407 e. The lowest BCUT2D eigenvalue weighted by molar-refractivity contribution is -0.117. The summed E-state index contributed by atoms with van der Waals surface area (Å²) in [7, 11) is 0. The molecule has 0 radical (unpaired) electrons. The third-order valence-electron chi connectivity index (χ3n) is 6.89. The van der Waals surface area contributed by atoms with Crippen LogP contribution in [0.2, 0.25) is 0 Å². The number of carbonyl (C=O) groups is 2. The van der Waals surface area contributed by atoms with Crippen LogP contribution in [0.25, 0.3) is 10.9 Å². The second-order valence-electron chi connectivity index (χ2n) is 10.3. The number of amides is 2. The predicted molar refractivity (Wildman–Crippen MR) is 148 cm³/mol. The number of pyridine rings is 1. The van der Waals surface area contributed by atoms with Gasteiger partial charge in [-0.2, -0.15) is 5.10 Å². The van der Waals surface area contributed by atoms with E-state index in [0.717, 1.165) is 61.9 Å². The van der Waals surface area contributed by atoms with Crippen LogP contribution < -0.4 is 20.9 Å². The average molecular weight is 521 g/mol. The number of benzene rings is 1. The number of likely N-dealkylation sites (tertiary alicyclic amines) is 1. The number of aromatic nitrogens is 3. The van der Waals surface area contributed by atoms with E-state index < -0.39 is 6.09 Å². The fraction of sp³-hybridized carbons (Fsp3) is 0.481. The second-order valence-corrected chi connectivity index (χ2v) is 10.3. The van der Waals surface area contributed by atoms with Crippen molar-refractivity contribution in [1.82, 2.24) is 25.4 Å². The lowest BCUT2D eigenvalue weighted by Gasteiger charge is -2.28. The van der Waals surface area contributed by atoms with Crippen molar-refractivity contribution in [3.8, 4) is 0 Å². The van der Waals surface area contributed by atoms with E-state index in [1.807, 2.05) is 44.2 Å². The number of rotatable bonds is 9. The van der Waals surface area contributed by atoms with Crippen molar-refractivity contribution < 1.29 is 14.3 Å². The van der Waals surface area contributed by atoms with Crippen LogP contribution in [-0.4, -0.2) is 77.0 Å². The van der Waals surface area contributed by atoms with Gasteiger partial charge in [-0.05, 0) is 83.0 Å². The van der Waals surface area contributed by atoms with Crippen LogP contribution in [0.3, 0.4) is 0 Å². The van der Waals surface area contributed by atoms with Gasteiger partial charge < -0.3 is 25.6 Å². The topological polar surface area (TPSA) is 128 Å². The number of nitrogens with zero attached hydrogens (tertiary/aromatic N) is 4. The molecule has 0 saturated carbocycles. The number of aromatic amines is 1. The fourth-order valence-electron chi connectivity index (χ4n) is 5.07. The number of alkyl carbamates (subject to hydrolysis) is 1. The van der Waals surface area contributed by atoms with Crippen LogP contribution in [0, 0.1) is 0 Å². The molecule has 1 aromatic carbocycles. The SMILES string of the molecule is CC(C)NC(=O)OC[C@@H]1CCCN1c1nc(Nc2ccc3[nH]ncc3c2)ccc1NC(=O)CN1CCCC1. The van der Waals surface area contributed by atoms with E-state index in [9.17, 15) is 9.59 Å². The van der Waals surface area contributed by atoms with Crippen LogP contribution in [0.15, 0.2) is 36.5 Å². The standard InChI is InChI=1S/C27H36N8O3/c1-18(2)29-27(37)38-17-21-6-5-13-35(21)26-23(31-25(36)16-34-11-3-4-12-34)9-10-24(32-26)30-20-7-8-22-19(14-20)15-28-33-22/h7-10,14-15,18,21H,3-6,11-13,16-17H2,1-2H3,(H,28,33)(H,29,37)(H,30,32)(H,31,36)/t21-/m0/s1. The molecular formula is C27H36N8O3. The highest BCUT2D eigenvalue weighted by atomic mass is 16.5. The number of hydrogen-bond acceptors (Lipinski definition) is 8. The lowest BCUT2D eigenvalue weighted by atomic mass is 10.2. The summed E-state index contributed by atoms with van der Waals surface area (Å²) < 4.78 is 5.52. The van der Waals surface area contributed by atoms with E-state index in [2.05, 4.69) is 35.9 Å². The highest BCUT2D eigenvalue weighted by molar-refractivity contribution is 5.95. The van der Waals surface area contributed by atoms with Crippen molar-refractivity contribution in [2.24, 2.45) is 0 Å². The van der Waals surface area contributed by atoms with E-state index in [1.165, 1.54) is 0 Å². The number of anilines is 4.